The third kappa shape index (κ3) is 3.52. The first-order valence-electron chi connectivity index (χ1n) is 5.88. The zero-order chi connectivity index (χ0) is 13.0. The Morgan fingerprint density at radius 1 is 1.56 bits per heavy atom. The van der Waals surface area contributed by atoms with Gasteiger partial charge < -0.3 is 5.32 Å². The van der Waals surface area contributed by atoms with Crippen LogP contribution in [0.4, 0.5) is 0 Å². The molecule has 0 bridgehead atoms. The molecule has 0 aliphatic carbocycles. The number of pyridine rings is 1. The van der Waals surface area contributed by atoms with Crippen LogP contribution in [-0.2, 0) is 16.4 Å². The fourth-order valence-corrected chi connectivity index (χ4v) is 3.76. The van der Waals surface area contributed by atoms with Crippen molar-refractivity contribution in [3.63, 3.8) is 0 Å². The van der Waals surface area contributed by atoms with Crippen LogP contribution in [0.3, 0.4) is 0 Å². The zero-order valence-corrected chi connectivity index (χ0v) is 10.8. The van der Waals surface area contributed by atoms with Gasteiger partial charge in [0, 0.05) is 18.8 Å². The van der Waals surface area contributed by atoms with Gasteiger partial charge in [0.25, 0.3) is 0 Å². The van der Waals surface area contributed by atoms with Gasteiger partial charge in [-0.2, -0.15) is 5.26 Å². The Labute approximate surface area is 107 Å². The Morgan fingerprint density at radius 2 is 2.39 bits per heavy atom. The summed E-state index contributed by atoms with van der Waals surface area (Å²) < 4.78 is 23.0. The van der Waals surface area contributed by atoms with E-state index in [0.29, 0.717) is 18.0 Å². The van der Waals surface area contributed by atoms with E-state index in [4.69, 9.17) is 5.26 Å². The molecule has 1 aliphatic rings. The van der Waals surface area contributed by atoms with Gasteiger partial charge in [-0.05, 0) is 30.5 Å². The molecule has 1 fully saturated rings. The highest BCUT2D eigenvalue weighted by molar-refractivity contribution is 7.91. The molecule has 0 saturated carbocycles. The number of nitrogens with zero attached hydrogens (tertiary/aromatic N) is 2. The van der Waals surface area contributed by atoms with E-state index in [1.165, 1.54) is 0 Å². The fraction of sp³-hybridized carbons (Fsp3) is 0.500. The van der Waals surface area contributed by atoms with Crippen LogP contribution in [0.2, 0.25) is 0 Å². The Morgan fingerprint density at radius 3 is 3.11 bits per heavy atom. The predicted molar refractivity (Wildman–Crippen MR) is 67.5 cm³/mol. The molecule has 5 nitrogen and oxygen atoms in total. The Balaban J connectivity index is 1.93. The molecule has 1 aromatic rings. The van der Waals surface area contributed by atoms with Crippen LogP contribution in [0.1, 0.15) is 24.1 Å². The molecule has 96 valence electrons. The largest absolute Gasteiger partial charge is 0.309 e. The van der Waals surface area contributed by atoms with E-state index in [2.05, 4.69) is 10.3 Å². The molecule has 6 heteroatoms. The van der Waals surface area contributed by atoms with Crippen molar-refractivity contribution in [2.45, 2.75) is 25.4 Å². The number of hydrogen-bond donors (Lipinski definition) is 1. The maximum absolute atomic E-state index is 11.5. The molecule has 2 rings (SSSR count). The molecule has 1 aromatic heterocycles. The van der Waals surface area contributed by atoms with Crippen LogP contribution >= 0.6 is 0 Å². The number of nitrogens with one attached hydrogen (secondary N) is 1. The molecule has 0 amide bonds. The van der Waals surface area contributed by atoms with E-state index in [0.717, 1.165) is 18.4 Å². The molecule has 2 heterocycles. The van der Waals surface area contributed by atoms with Gasteiger partial charge in [-0.1, -0.05) is 0 Å². The second kappa shape index (κ2) is 5.46. The quantitative estimate of drug-likeness (QED) is 0.866. The minimum Gasteiger partial charge on any atom is -0.309 e. The molecule has 1 aliphatic heterocycles. The number of sulfone groups is 1. The highest BCUT2D eigenvalue weighted by Gasteiger charge is 2.24. The summed E-state index contributed by atoms with van der Waals surface area (Å²) in [6.07, 6.45) is 3.20. The van der Waals surface area contributed by atoms with Crippen molar-refractivity contribution in [2.75, 3.05) is 11.5 Å². The van der Waals surface area contributed by atoms with Crippen LogP contribution in [0.25, 0.3) is 0 Å². The lowest BCUT2D eigenvalue weighted by Gasteiger charge is -2.23. The van der Waals surface area contributed by atoms with Crippen LogP contribution in [0.15, 0.2) is 18.3 Å². The van der Waals surface area contributed by atoms with Crippen LogP contribution in [0, 0.1) is 11.3 Å². The molecule has 18 heavy (non-hydrogen) atoms. The monoisotopic (exact) mass is 265 g/mol. The third-order valence-electron chi connectivity index (χ3n) is 3.00. The molecule has 1 unspecified atom stereocenters. The van der Waals surface area contributed by atoms with Crippen molar-refractivity contribution in [1.82, 2.24) is 10.3 Å². The summed E-state index contributed by atoms with van der Waals surface area (Å²) in [6.45, 7) is 0.567. The summed E-state index contributed by atoms with van der Waals surface area (Å²) in [7, 11) is -2.88. The van der Waals surface area contributed by atoms with E-state index in [1.54, 1.807) is 12.3 Å². The van der Waals surface area contributed by atoms with Gasteiger partial charge in [0.05, 0.1) is 11.5 Å². The zero-order valence-electron chi connectivity index (χ0n) is 9.96. The molecule has 1 atom stereocenters. The molecular formula is C12H15N3O2S. The average Bonchev–Trinajstić information content (AvgIpc) is 2.35. The number of hydrogen-bond acceptors (Lipinski definition) is 5. The Hall–Kier alpha value is -1.45. The molecule has 1 saturated heterocycles. The smallest absolute Gasteiger partial charge is 0.151 e. The minimum atomic E-state index is -2.88. The first kappa shape index (κ1) is 13.0. The normalized spacial score (nSPS) is 22.3. The first-order valence-corrected chi connectivity index (χ1v) is 7.70. The predicted octanol–water partition coefficient (Wildman–Crippen LogP) is 0.620. The van der Waals surface area contributed by atoms with Gasteiger partial charge >= 0.3 is 0 Å². The highest BCUT2D eigenvalue weighted by atomic mass is 32.2. The lowest BCUT2D eigenvalue weighted by molar-refractivity contribution is 0.480. The molecule has 1 N–H and O–H groups in total. The van der Waals surface area contributed by atoms with Crippen molar-refractivity contribution >= 4 is 9.84 Å². The topological polar surface area (TPSA) is 82.9 Å². The van der Waals surface area contributed by atoms with Crippen LogP contribution in [-0.4, -0.2) is 30.9 Å². The SMILES string of the molecule is N#Cc1cc(CNC2CCCS(=O)(=O)C2)ccn1. The molecular weight excluding hydrogens is 250 g/mol. The van der Waals surface area contributed by atoms with Crippen LogP contribution < -0.4 is 5.32 Å². The lowest BCUT2D eigenvalue weighted by Crippen LogP contribution is -2.39. The van der Waals surface area contributed by atoms with Crippen molar-refractivity contribution in [1.29, 1.82) is 5.26 Å². The Bertz CT molecular complexity index is 563. The number of nitriles is 1. The average molecular weight is 265 g/mol. The molecule has 0 aromatic carbocycles. The van der Waals surface area contributed by atoms with Gasteiger partial charge in [-0.15, -0.1) is 0 Å². The van der Waals surface area contributed by atoms with Crippen molar-refractivity contribution in [3.8, 4) is 6.07 Å². The molecule has 0 radical (unpaired) electrons. The van der Waals surface area contributed by atoms with E-state index in [-0.39, 0.29) is 11.8 Å². The summed E-state index contributed by atoms with van der Waals surface area (Å²) in [5.41, 5.74) is 1.33. The maximum atomic E-state index is 11.5. The maximum Gasteiger partial charge on any atom is 0.151 e. The van der Waals surface area contributed by atoms with Gasteiger partial charge in [0.15, 0.2) is 9.84 Å². The molecule has 0 spiro atoms. The van der Waals surface area contributed by atoms with Crippen molar-refractivity contribution < 1.29 is 8.42 Å². The second-order valence-electron chi connectivity index (χ2n) is 4.50. The van der Waals surface area contributed by atoms with Crippen molar-refractivity contribution in [2.24, 2.45) is 0 Å². The van der Waals surface area contributed by atoms with Gasteiger partial charge in [0.2, 0.25) is 0 Å². The third-order valence-corrected chi connectivity index (χ3v) is 4.82. The van der Waals surface area contributed by atoms with E-state index in [9.17, 15) is 8.42 Å². The van der Waals surface area contributed by atoms with E-state index < -0.39 is 9.84 Å². The lowest BCUT2D eigenvalue weighted by atomic mass is 10.1. The van der Waals surface area contributed by atoms with E-state index in [1.807, 2.05) is 12.1 Å². The Kier molecular flexibility index (Phi) is 3.94. The number of aromatic nitrogens is 1. The summed E-state index contributed by atoms with van der Waals surface area (Å²) in [6, 6.07) is 5.54. The number of rotatable bonds is 3. The summed E-state index contributed by atoms with van der Waals surface area (Å²) in [5, 5.41) is 12.0. The van der Waals surface area contributed by atoms with Gasteiger partial charge in [-0.25, -0.2) is 13.4 Å². The first-order chi connectivity index (χ1) is 8.59. The fourth-order valence-electron chi connectivity index (χ4n) is 2.09. The standard InChI is InChI=1S/C12H15N3O2S/c13-7-12-6-10(3-4-14-12)8-15-11-2-1-5-18(16,17)9-11/h3-4,6,11,15H,1-2,5,8-9H2. The minimum absolute atomic E-state index is 0.0162. The van der Waals surface area contributed by atoms with Crippen molar-refractivity contribution in [3.05, 3.63) is 29.6 Å². The summed E-state index contributed by atoms with van der Waals surface area (Å²) in [4.78, 5) is 3.89. The second-order valence-corrected chi connectivity index (χ2v) is 6.72. The van der Waals surface area contributed by atoms with Gasteiger partial charge in [0.1, 0.15) is 11.8 Å². The van der Waals surface area contributed by atoms with Gasteiger partial charge in [-0.3, -0.25) is 0 Å². The summed E-state index contributed by atoms with van der Waals surface area (Å²) in [5.74, 6) is 0.516. The highest BCUT2D eigenvalue weighted by Crippen LogP contribution is 2.12. The van der Waals surface area contributed by atoms with Crippen LogP contribution in [0.5, 0.6) is 0 Å². The summed E-state index contributed by atoms with van der Waals surface area (Å²) >= 11 is 0. The van der Waals surface area contributed by atoms with E-state index >= 15 is 0 Å².